The number of aryl methyl sites for hydroxylation is 1. The number of H-pyrrole nitrogens is 1. The standard InChI is InChI=1S/C13H12N4O.C12H10N4O.CH4/c1-9-11(10-3-5-15-6-4-10)7-17(2)12(9)13(18)16-8-14;1-8-10(9-2-4-14-5-3-9)6-15-11(8)12(17)16-7-13;/h3-7H,1-2H3,(H,16,18);2-6,15H,1H3,(H,16,17);1H4. The fourth-order valence-electron chi connectivity index (χ4n) is 3.69. The Kier molecular flexibility index (Phi) is 9.24. The summed E-state index contributed by atoms with van der Waals surface area (Å²) >= 11 is 0. The molecule has 4 aromatic rings. The molecule has 182 valence electrons. The van der Waals surface area contributed by atoms with Crippen LogP contribution in [-0.4, -0.2) is 31.3 Å². The molecule has 0 saturated heterocycles. The van der Waals surface area contributed by atoms with E-state index in [1.807, 2.05) is 44.3 Å². The molecular formula is C26H26N8O2. The van der Waals surface area contributed by atoms with Crippen molar-refractivity contribution in [1.82, 2.24) is 30.2 Å². The number of aromatic nitrogens is 4. The molecule has 0 radical (unpaired) electrons. The van der Waals surface area contributed by atoms with Crippen molar-refractivity contribution in [2.75, 3.05) is 0 Å². The summed E-state index contributed by atoms with van der Waals surface area (Å²) < 4.78 is 1.72. The molecule has 0 spiro atoms. The molecule has 0 fully saturated rings. The predicted octanol–water partition coefficient (Wildman–Crippen LogP) is 3.84. The average molecular weight is 483 g/mol. The van der Waals surface area contributed by atoms with E-state index in [1.54, 1.807) is 55.0 Å². The van der Waals surface area contributed by atoms with Crippen LogP contribution in [0, 0.1) is 36.8 Å². The van der Waals surface area contributed by atoms with Gasteiger partial charge in [-0.2, -0.15) is 10.5 Å². The molecule has 0 aromatic carbocycles. The van der Waals surface area contributed by atoms with Gasteiger partial charge in [0.15, 0.2) is 12.4 Å². The lowest BCUT2D eigenvalue weighted by Gasteiger charge is -2.02. The summed E-state index contributed by atoms with van der Waals surface area (Å²) in [6.45, 7) is 3.70. The zero-order valence-corrected chi connectivity index (χ0v) is 19.3. The number of nitrogens with zero attached hydrogens (tertiary/aromatic N) is 5. The van der Waals surface area contributed by atoms with Crippen LogP contribution in [0.3, 0.4) is 0 Å². The first-order valence-corrected chi connectivity index (χ1v) is 10.4. The molecule has 0 bridgehead atoms. The van der Waals surface area contributed by atoms with Crippen LogP contribution < -0.4 is 10.6 Å². The lowest BCUT2D eigenvalue weighted by molar-refractivity contribution is 0.0957. The molecule has 2 amide bonds. The van der Waals surface area contributed by atoms with E-state index in [2.05, 4.69) is 25.6 Å². The minimum Gasteiger partial charge on any atom is -0.356 e. The Morgan fingerprint density at radius 1 is 0.861 bits per heavy atom. The van der Waals surface area contributed by atoms with Gasteiger partial charge in [0.25, 0.3) is 11.8 Å². The molecule has 36 heavy (non-hydrogen) atoms. The van der Waals surface area contributed by atoms with E-state index in [0.717, 1.165) is 33.4 Å². The second-order valence-corrected chi connectivity index (χ2v) is 7.43. The van der Waals surface area contributed by atoms with Crippen molar-refractivity contribution in [2.24, 2.45) is 7.05 Å². The summed E-state index contributed by atoms with van der Waals surface area (Å²) in [4.78, 5) is 34.1. The SMILES string of the molecule is C.Cc1c(-c2ccncc2)c[nH]c1C(=O)NC#N.Cc1c(-c2ccncc2)cn(C)c1C(=O)NC#N. The van der Waals surface area contributed by atoms with Crippen molar-refractivity contribution < 1.29 is 9.59 Å². The summed E-state index contributed by atoms with van der Waals surface area (Å²) in [5.74, 6) is -0.817. The van der Waals surface area contributed by atoms with E-state index in [9.17, 15) is 9.59 Å². The minimum absolute atomic E-state index is 0. The average Bonchev–Trinajstić information content (AvgIpc) is 3.39. The fraction of sp³-hybridized carbons (Fsp3) is 0.154. The first-order chi connectivity index (χ1) is 16.9. The number of carbonyl (C=O) groups excluding carboxylic acids is 2. The fourth-order valence-corrected chi connectivity index (χ4v) is 3.69. The van der Waals surface area contributed by atoms with Crippen molar-refractivity contribution in [3.8, 4) is 34.6 Å². The molecule has 4 heterocycles. The van der Waals surface area contributed by atoms with Gasteiger partial charge in [-0.15, -0.1) is 0 Å². The van der Waals surface area contributed by atoms with Crippen LogP contribution >= 0.6 is 0 Å². The summed E-state index contributed by atoms with van der Waals surface area (Å²) in [7, 11) is 1.78. The molecular weight excluding hydrogens is 456 g/mol. The number of rotatable bonds is 4. The molecule has 0 aliphatic heterocycles. The van der Waals surface area contributed by atoms with E-state index < -0.39 is 11.8 Å². The number of hydrogen-bond acceptors (Lipinski definition) is 6. The van der Waals surface area contributed by atoms with Gasteiger partial charge in [0.2, 0.25) is 0 Å². The van der Waals surface area contributed by atoms with Crippen LogP contribution in [0.15, 0.2) is 61.4 Å². The van der Waals surface area contributed by atoms with E-state index in [1.165, 1.54) is 0 Å². The van der Waals surface area contributed by atoms with Crippen LogP contribution in [-0.2, 0) is 7.05 Å². The Bertz CT molecular complexity index is 1420. The number of nitrogens with one attached hydrogen (secondary N) is 3. The van der Waals surface area contributed by atoms with E-state index in [4.69, 9.17) is 10.5 Å². The maximum atomic E-state index is 11.8. The third-order valence-electron chi connectivity index (χ3n) is 5.34. The Balaban J connectivity index is 0.000000247. The quantitative estimate of drug-likeness (QED) is 0.297. The summed E-state index contributed by atoms with van der Waals surface area (Å²) in [6.07, 6.45) is 13.7. The smallest absolute Gasteiger partial charge is 0.281 e. The highest BCUT2D eigenvalue weighted by atomic mass is 16.2. The normalized spacial score (nSPS) is 9.47. The Labute approximate surface area is 209 Å². The number of amides is 2. The van der Waals surface area contributed by atoms with E-state index >= 15 is 0 Å². The Morgan fingerprint density at radius 3 is 1.89 bits per heavy atom. The van der Waals surface area contributed by atoms with Crippen molar-refractivity contribution in [1.29, 1.82) is 10.5 Å². The molecule has 0 saturated carbocycles. The molecule has 3 N–H and O–H groups in total. The van der Waals surface area contributed by atoms with Crippen molar-refractivity contribution >= 4 is 11.8 Å². The molecule has 10 nitrogen and oxygen atoms in total. The number of carbonyl (C=O) groups is 2. The van der Waals surface area contributed by atoms with Gasteiger partial charge in [-0.1, -0.05) is 7.43 Å². The Hall–Kier alpha value is -5.22. The van der Waals surface area contributed by atoms with E-state index in [0.29, 0.717) is 11.4 Å². The van der Waals surface area contributed by atoms with Gasteiger partial charge in [-0.3, -0.25) is 30.2 Å². The number of hydrogen-bond donors (Lipinski definition) is 3. The van der Waals surface area contributed by atoms with Crippen LogP contribution in [0.5, 0.6) is 0 Å². The predicted molar refractivity (Wildman–Crippen MR) is 135 cm³/mol. The van der Waals surface area contributed by atoms with Gasteiger partial charge in [0.1, 0.15) is 11.4 Å². The highest BCUT2D eigenvalue weighted by Crippen LogP contribution is 2.27. The van der Waals surface area contributed by atoms with Crippen molar-refractivity contribution in [2.45, 2.75) is 21.3 Å². The third kappa shape index (κ3) is 5.82. The van der Waals surface area contributed by atoms with Gasteiger partial charge < -0.3 is 9.55 Å². The number of pyridine rings is 2. The van der Waals surface area contributed by atoms with Gasteiger partial charge in [-0.05, 0) is 60.4 Å². The molecule has 0 atom stereocenters. The van der Waals surface area contributed by atoms with Crippen molar-refractivity contribution in [3.63, 3.8) is 0 Å². The molecule has 0 aliphatic rings. The zero-order valence-electron chi connectivity index (χ0n) is 19.3. The second-order valence-electron chi connectivity index (χ2n) is 7.43. The molecule has 4 rings (SSSR count). The van der Waals surface area contributed by atoms with Gasteiger partial charge in [0.05, 0.1) is 0 Å². The van der Waals surface area contributed by atoms with Crippen LogP contribution in [0.1, 0.15) is 39.5 Å². The second kappa shape index (κ2) is 12.3. The van der Waals surface area contributed by atoms with Crippen LogP contribution in [0.4, 0.5) is 0 Å². The van der Waals surface area contributed by atoms with Crippen LogP contribution in [0.2, 0.25) is 0 Å². The highest BCUT2D eigenvalue weighted by molar-refractivity contribution is 5.97. The topological polar surface area (TPSA) is 152 Å². The lowest BCUT2D eigenvalue weighted by Crippen LogP contribution is -2.21. The monoisotopic (exact) mass is 482 g/mol. The van der Waals surface area contributed by atoms with E-state index in [-0.39, 0.29) is 7.43 Å². The van der Waals surface area contributed by atoms with Crippen molar-refractivity contribution in [3.05, 3.63) is 84.0 Å². The highest BCUT2D eigenvalue weighted by Gasteiger charge is 2.18. The molecule has 10 heteroatoms. The maximum Gasteiger partial charge on any atom is 0.281 e. The molecule has 0 unspecified atom stereocenters. The summed E-state index contributed by atoms with van der Waals surface area (Å²) in [6, 6.07) is 7.49. The first-order valence-electron chi connectivity index (χ1n) is 10.4. The number of nitriles is 2. The Morgan fingerprint density at radius 2 is 1.36 bits per heavy atom. The summed E-state index contributed by atoms with van der Waals surface area (Å²) in [5.41, 5.74) is 6.40. The third-order valence-corrected chi connectivity index (χ3v) is 5.34. The largest absolute Gasteiger partial charge is 0.356 e. The zero-order chi connectivity index (χ0) is 25.4. The van der Waals surface area contributed by atoms with Crippen LogP contribution in [0.25, 0.3) is 22.3 Å². The summed E-state index contributed by atoms with van der Waals surface area (Å²) in [5, 5.41) is 21.1. The van der Waals surface area contributed by atoms with Gasteiger partial charge in [-0.25, -0.2) is 0 Å². The van der Waals surface area contributed by atoms with Gasteiger partial charge >= 0.3 is 0 Å². The molecule has 4 aromatic heterocycles. The lowest BCUT2D eigenvalue weighted by atomic mass is 10.1. The van der Waals surface area contributed by atoms with Gasteiger partial charge in [0, 0.05) is 55.4 Å². The first kappa shape index (κ1) is 27.0. The maximum absolute atomic E-state index is 11.8. The minimum atomic E-state index is -0.426. The molecule has 0 aliphatic carbocycles. The number of aromatic amines is 1.